The molecule has 0 radical (unpaired) electrons. The first kappa shape index (κ1) is 28.8. The first-order chi connectivity index (χ1) is 21.9. The predicted octanol–water partition coefficient (Wildman–Crippen LogP) is 5.08. The van der Waals surface area contributed by atoms with Gasteiger partial charge in [0.1, 0.15) is 23.3 Å². The minimum absolute atomic E-state index is 0.198. The maximum Gasteiger partial charge on any atom is 0.296 e. The Bertz CT molecular complexity index is 2100. The standard InChI is InChI=1S/C18H19FN4O.C15H13FN4O/c19-15-8-4-5-13(11-15)12-22-9-10-23-16(14-6-2-1-3-7-14)20-21-17(23)18(22)24;16-12-3-1-2-10(8-12)9-19-6-7-20-13(11-4-5-11)17-18-14(20)15(19)21/h4-5,8-11,14H,1-3,6-7,12H2;1-3,6-8,11H,4-5,9H2. The lowest BCUT2D eigenvalue weighted by atomic mass is 9.89. The van der Waals surface area contributed by atoms with Gasteiger partial charge in [0, 0.05) is 36.6 Å². The van der Waals surface area contributed by atoms with E-state index in [-0.39, 0.29) is 22.8 Å². The van der Waals surface area contributed by atoms with Gasteiger partial charge in [-0.15, -0.1) is 20.4 Å². The molecule has 0 atom stereocenters. The van der Waals surface area contributed by atoms with Crippen LogP contribution in [0.4, 0.5) is 8.78 Å². The average Bonchev–Trinajstić information content (AvgIpc) is 3.64. The van der Waals surface area contributed by atoms with Crippen molar-refractivity contribution in [2.75, 3.05) is 0 Å². The molecule has 0 aliphatic heterocycles. The lowest BCUT2D eigenvalue weighted by Gasteiger charge is -2.19. The van der Waals surface area contributed by atoms with Gasteiger partial charge in [-0.2, -0.15) is 0 Å². The molecule has 2 aromatic carbocycles. The molecular formula is C33H32F2N8O2. The van der Waals surface area contributed by atoms with Crippen LogP contribution in [-0.4, -0.2) is 38.3 Å². The van der Waals surface area contributed by atoms with Crippen LogP contribution in [0.3, 0.4) is 0 Å². The van der Waals surface area contributed by atoms with Crippen molar-refractivity contribution in [1.29, 1.82) is 0 Å². The van der Waals surface area contributed by atoms with E-state index in [0.717, 1.165) is 48.5 Å². The molecule has 2 fully saturated rings. The minimum Gasteiger partial charge on any atom is -0.306 e. The van der Waals surface area contributed by atoms with Gasteiger partial charge in [0.25, 0.3) is 11.1 Å². The molecular weight excluding hydrogens is 578 g/mol. The molecule has 0 amide bonds. The molecule has 8 rings (SSSR count). The van der Waals surface area contributed by atoms with Gasteiger partial charge in [0.15, 0.2) is 0 Å². The Kier molecular flexibility index (Phi) is 7.78. The van der Waals surface area contributed by atoms with E-state index in [0.29, 0.717) is 36.2 Å². The number of fused-ring (bicyclic) bond motifs is 2. The van der Waals surface area contributed by atoms with Crippen molar-refractivity contribution in [2.24, 2.45) is 0 Å². The van der Waals surface area contributed by atoms with Crippen molar-refractivity contribution in [3.05, 3.63) is 128 Å². The number of hydrogen-bond acceptors (Lipinski definition) is 6. The van der Waals surface area contributed by atoms with Crippen molar-refractivity contribution >= 4 is 11.3 Å². The SMILES string of the molecule is O=c1c2nnc(C3CC3)n2ccn1Cc1cccc(F)c1.O=c1c2nnc(C3CCCCC3)n2ccn1Cc1cccc(F)c1. The molecule has 6 aromatic rings. The van der Waals surface area contributed by atoms with E-state index >= 15 is 0 Å². The highest BCUT2D eigenvalue weighted by molar-refractivity contribution is 5.37. The Labute approximate surface area is 256 Å². The van der Waals surface area contributed by atoms with Gasteiger partial charge in [-0.1, -0.05) is 43.5 Å². The van der Waals surface area contributed by atoms with E-state index in [4.69, 9.17) is 0 Å². The zero-order chi connectivity index (χ0) is 30.9. The second-order valence-corrected chi connectivity index (χ2v) is 11.8. The molecule has 0 N–H and O–H groups in total. The number of benzene rings is 2. The van der Waals surface area contributed by atoms with Gasteiger partial charge < -0.3 is 9.13 Å². The summed E-state index contributed by atoms with van der Waals surface area (Å²) in [4.78, 5) is 25.1. The van der Waals surface area contributed by atoms with Gasteiger partial charge in [-0.05, 0) is 61.1 Å². The number of rotatable bonds is 6. The molecule has 4 heterocycles. The summed E-state index contributed by atoms with van der Waals surface area (Å²) >= 11 is 0. The second-order valence-electron chi connectivity index (χ2n) is 11.8. The number of halogens is 2. The highest BCUT2D eigenvalue weighted by Gasteiger charge is 2.29. The van der Waals surface area contributed by atoms with E-state index in [9.17, 15) is 18.4 Å². The van der Waals surface area contributed by atoms with Gasteiger partial charge in [-0.3, -0.25) is 18.4 Å². The van der Waals surface area contributed by atoms with E-state index in [2.05, 4.69) is 20.4 Å². The molecule has 2 saturated carbocycles. The fraction of sp³-hybridized carbons (Fsp3) is 0.333. The van der Waals surface area contributed by atoms with Crippen molar-refractivity contribution < 1.29 is 8.78 Å². The summed E-state index contributed by atoms with van der Waals surface area (Å²) in [5.41, 5.74) is 1.75. The summed E-state index contributed by atoms with van der Waals surface area (Å²) < 4.78 is 33.2. The first-order valence-corrected chi connectivity index (χ1v) is 15.3. The second kappa shape index (κ2) is 12.2. The molecule has 230 valence electrons. The van der Waals surface area contributed by atoms with Crippen molar-refractivity contribution in [3.8, 4) is 0 Å². The van der Waals surface area contributed by atoms with Crippen LogP contribution in [0.15, 0.2) is 82.9 Å². The van der Waals surface area contributed by atoms with Crippen LogP contribution in [0.1, 0.15) is 79.6 Å². The molecule has 0 spiro atoms. The third kappa shape index (κ3) is 6.04. The molecule has 0 bridgehead atoms. The summed E-state index contributed by atoms with van der Waals surface area (Å²) in [6.07, 6.45) is 15.2. The maximum atomic E-state index is 13.3. The van der Waals surface area contributed by atoms with Crippen molar-refractivity contribution in [2.45, 2.75) is 69.9 Å². The van der Waals surface area contributed by atoms with E-state index in [1.165, 1.54) is 48.1 Å². The zero-order valence-corrected chi connectivity index (χ0v) is 24.6. The van der Waals surface area contributed by atoms with E-state index in [1.54, 1.807) is 45.6 Å². The van der Waals surface area contributed by atoms with Gasteiger partial charge in [0.2, 0.25) is 11.3 Å². The molecule has 12 heteroatoms. The Morgan fingerprint density at radius 2 is 1.07 bits per heavy atom. The minimum atomic E-state index is -0.305. The Hall–Kier alpha value is -5.00. The average molecular weight is 611 g/mol. The lowest BCUT2D eigenvalue weighted by molar-refractivity contribution is 0.426. The number of hydrogen-bond donors (Lipinski definition) is 0. The summed E-state index contributed by atoms with van der Waals surface area (Å²) in [6, 6.07) is 12.5. The third-order valence-corrected chi connectivity index (χ3v) is 8.54. The van der Waals surface area contributed by atoms with Crippen molar-refractivity contribution in [1.82, 2.24) is 38.3 Å². The summed E-state index contributed by atoms with van der Waals surface area (Å²) in [5.74, 6) is 1.95. The van der Waals surface area contributed by atoms with Gasteiger partial charge in [0.05, 0.1) is 13.1 Å². The van der Waals surface area contributed by atoms with Crippen molar-refractivity contribution in [3.63, 3.8) is 0 Å². The smallest absolute Gasteiger partial charge is 0.296 e. The lowest BCUT2D eigenvalue weighted by Crippen LogP contribution is -2.23. The summed E-state index contributed by atoms with van der Waals surface area (Å²) in [6.45, 7) is 0.636. The number of nitrogens with zero attached hydrogens (tertiary/aromatic N) is 8. The number of aromatic nitrogens is 8. The molecule has 4 aromatic heterocycles. The Morgan fingerprint density at radius 3 is 1.51 bits per heavy atom. The highest BCUT2D eigenvalue weighted by Crippen LogP contribution is 2.38. The van der Waals surface area contributed by atoms with Crippen LogP contribution < -0.4 is 11.1 Å². The molecule has 2 aliphatic rings. The quantitative estimate of drug-likeness (QED) is 0.261. The molecule has 10 nitrogen and oxygen atoms in total. The van der Waals surface area contributed by atoms with Crippen LogP contribution in [0.2, 0.25) is 0 Å². The van der Waals surface area contributed by atoms with Gasteiger partial charge >= 0.3 is 0 Å². The monoisotopic (exact) mass is 610 g/mol. The largest absolute Gasteiger partial charge is 0.306 e. The highest BCUT2D eigenvalue weighted by atomic mass is 19.1. The van der Waals surface area contributed by atoms with Crippen LogP contribution in [0.5, 0.6) is 0 Å². The Morgan fingerprint density at radius 1 is 0.600 bits per heavy atom. The van der Waals surface area contributed by atoms with Crippen LogP contribution in [0, 0.1) is 11.6 Å². The summed E-state index contributed by atoms with van der Waals surface area (Å²) in [5, 5.41) is 16.5. The molecule has 2 aliphatic carbocycles. The van der Waals surface area contributed by atoms with E-state index < -0.39 is 0 Å². The fourth-order valence-corrected chi connectivity index (χ4v) is 6.05. The van der Waals surface area contributed by atoms with Crippen LogP contribution in [-0.2, 0) is 13.1 Å². The Balaban J connectivity index is 0.000000146. The van der Waals surface area contributed by atoms with E-state index in [1.807, 2.05) is 16.8 Å². The summed E-state index contributed by atoms with van der Waals surface area (Å²) in [7, 11) is 0. The molecule has 0 saturated heterocycles. The third-order valence-electron chi connectivity index (χ3n) is 8.54. The first-order valence-electron chi connectivity index (χ1n) is 15.3. The normalized spacial score (nSPS) is 15.3. The topological polar surface area (TPSA) is 104 Å². The molecule has 45 heavy (non-hydrogen) atoms. The maximum absolute atomic E-state index is 13.3. The van der Waals surface area contributed by atoms with Gasteiger partial charge in [-0.25, -0.2) is 8.78 Å². The van der Waals surface area contributed by atoms with Crippen LogP contribution in [0.25, 0.3) is 11.3 Å². The van der Waals surface area contributed by atoms with Crippen LogP contribution >= 0.6 is 0 Å². The predicted molar refractivity (Wildman–Crippen MR) is 163 cm³/mol. The fourth-order valence-electron chi connectivity index (χ4n) is 6.05. The zero-order valence-electron chi connectivity index (χ0n) is 24.6. The molecule has 0 unspecified atom stereocenters.